The first kappa shape index (κ1) is 12.8. The van der Waals surface area contributed by atoms with Gasteiger partial charge < -0.3 is 10.0 Å². The standard InChI is InChI=1S/C13H18N2O3/c1-9-3-4-11(15(17)18)12(7-9)14-6-5-10(2)13(16)8-14/h3-4,7,10,13,16H,5-6,8H2,1-2H3. The van der Waals surface area contributed by atoms with Crippen LogP contribution in [0.15, 0.2) is 18.2 Å². The van der Waals surface area contributed by atoms with Crippen LogP contribution in [0.25, 0.3) is 0 Å². The number of nitro groups is 1. The number of β-amino-alcohol motifs (C(OH)–C–C–N with tert-alkyl or cyclic N) is 1. The summed E-state index contributed by atoms with van der Waals surface area (Å²) in [5.74, 6) is 0.255. The van der Waals surface area contributed by atoms with Gasteiger partial charge in [0.1, 0.15) is 5.69 Å². The Hall–Kier alpha value is -1.62. The molecule has 1 aliphatic rings. The Bertz CT molecular complexity index is 462. The Morgan fingerprint density at radius 2 is 2.22 bits per heavy atom. The Morgan fingerprint density at radius 3 is 2.83 bits per heavy atom. The minimum atomic E-state index is -0.418. The van der Waals surface area contributed by atoms with Gasteiger partial charge in [0.15, 0.2) is 0 Å². The van der Waals surface area contributed by atoms with Gasteiger partial charge >= 0.3 is 0 Å². The predicted molar refractivity (Wildman–Crippen MR) is 69.8 cm³/mol. The quantitative estimate of drug-likeness (QED) is 0.645. The van der Waals surface area contributed by atoms with Gasteiger partial charge in [-0.15, -0.1) is 0 Å². The molecule has 2 atom stereocenters. The molecule has 1 saturated heterocycles. The first-order valence-corrected chi connectivity index (χ1v) is 6.17. The third-order valence-corrected chi connectivity index (χ3v) is 3.59. The molecule has 0 radical (unpaired) electrons. The number of rotatable bonds is 2. The van der Waals surface area contributed by atoms with Gasteiger partial charge in [0, 0.05) is 19.2 Å². The molecule has 2 rings (SSSR count). The van der Waals surface area contributed by atoms with Crippen molar-refractivity contribution < 1.29 is 10.0 Å². The van der Waals surface area contributed by atoms with E-state index in [1.807, 2.05) is 24.8 Å². The number of hydrogen-bond acceptors (Lipinski definition) is 4. The van der Waals surface area contributed by atoms with E-state index in [9.17, 15) is 15.2 Å². The summed E-state index contributed by atoms with van der Waals surface area (Å²) in [6, 6.07) is 5.10. The van der Waals surface area contributed by atoms with Crippen molar-refractivity contribution in [1.82, 2.24) is 0 Å². The van der Waals surface area contributed by atoms with Gasteiger partial charge in [-0.2, -0.15) is 0 Å². The van der Waals surface area contributed by atoms with Crippen LogP contribution in [0, 0.1) is 23.0 Å². The highest BCUT2D eigenvalue weighted by molar-refractivity contribution is 5.64. The molecule has 0 saturated carbocycles. The highest BCUT2D eigenvalue weighted by atomic mass is 16.6. The molecular formula is C13H18N2O3. The molecule has 98 valence electrons. The van der Waals surface area contributed by atoms with E-state index in [0.29, 0.717) is 12.2 Å². The van der Waals surface area contributed by atoms with Crippen molar-refractivity contribution in [3.8, 4) is 0 Å². The number of piperidine rings is 1. The molecule has 0 spiro atoms. The number of aliphatic hydroxyl groups is 1. The SMILES string of the molecule is Cc1ccc([N+](=O)[O-])c(N2CCC(C)C(O)C2)c1. The summed E-state index contributed by atoms with van der Waals surface area (Å²) in [6.45, 7) is 5.14. The molecule has 5 heteroatoms. The summed E-state index contributed by atoms with van der Waals surface area (Å²) in [6.07, 6.45) is 0.436. The fourth-order valence-corrected chi connectivity index (χ4v) is 2.31. The minimum Gasteiger partial charge on any atom is -0.391 e. The van der Waals surface area contributed by atoms with E-state index in [0.717, 1.165) is 18.5 Å². The van der Waals surface area contributed by atoms with Crippen LogP contribution in [0.2, 0.25) is 0 Å². The maximum atomic E-state index is 11.0. The number of aryl methyl sites for hydroxylation is 1. The van der Waals surface area contributed by atoms with E-state index < -0.39 is 6.10 Å². The lowest BCUT2D eigenvalue weighted by Crippen LogP contribution is -2.43. The maximum Gasteiger partial charge on any atom is 0.292 e. The summed E-state index contributed by atoms with van der Waals surface area (Å²) < 4.78 is 0. The fourth-order valence-electron chi connectivity index (χ4n) is 2.31. The van der Waals surface area contributed by atoms with Crippen LogP contribution in [0.4, 0.5) is 11.4 Å². The van der Waals surface area contributed by atoms with E-state index in [1.54, 1.807) is 6.07 Å². The summed E-state index contributed by atoms with van der Waals surface area (Å²) in [5.41, 5.74) is 1.72. The molecule has 5 nitrogen and oxygen atoms in total. The van der Waals surface area contributed by atoms with E-state index in [4.69, 9.17) is 0 Å². The summed E-state index contributed by atoms with van der Waals surface area (Å²) in [4.78, 5) is 12.6. The number of anilines is 1. The zero-order valence-corrected chi connectivity index (χ0v) is 10.7. The Balaban J connectivity index is 2.32. The van der Waals surface area contributed by atoms with E-state index in [1.165, 1.54) is 6.07 Å². The molecular weight excluding hydrogens is 232 g/mol. The van der Waals surface area contributed by atoms with E-state index in [2.05, 4.69) is 0 Å². The monoisotopic (exact) mass is 250 g/mol. The Labute approximate surface area is 106 Å². The Kier molecular flexibility index (Phi) is 3.52. The van der Waals surface area contributed by atoms with Crippen LogP contribution in [0.3, 0.4) is 0 Å². The number of aliphatic hydroxyl groups excluding tert-OH is 1. The van der Waals surface area contributed by atoms with Gasteiger partial charge in [0.05, 0.1) is 11.0 Å². The second kappa shape index (κ2) is 4.94. The van der Waals surface area contributed by atoms with Gasteiger partial charge in [-0.05, 0) is 30.9 Å². The van der Waals surface area contributed by atoms with E-state index in [-0.39, 0.29) is 16.5 Å². The number of hydrogen-bond donors (Lipinski definition) is 1. The fraction of sp³-hybridized carbons (Fsp3) is 0.538. The van der Waals surface area contributed by atoms with Crippen molar-refractivity contribution in [2.45, 2.75) is 26.4 Å². The van der Waals surface area contributed by atoms with Crippen LogP contribution in [-0.2, 0) is 0 Å². The summed E-state index contributed by atoms with van der Waals surface area (Å²) in [7, 11) is 0. The molecule has 0 amide bonds. The van der Waals surface area contributed by atoms with Crippen molar-refractivity contribution in [2.24, 2.45) is 5.92 Å². The maximum absolute atomic E-state index is 11.0. The first-order valence-electron chi connectivity index (χ1n) is 6.17. The largest absolute Gasteiger partial charge is 0.391 e. The van der Waals surface area contributed by atoms with Gasteiger partial charge in [0.2, 0.25) is 0 Å². The topological polar surface area (TPSA) is 66.6 Å². The smallest absolute Gasteiger partial charge is 0.292 e. The van der Waals surface area contributed by atoms with E-state index >= 15 is 0 Å². The lowest BCUT2D eigenvalue weighted by atomic mass is 9.95. The van der Waals surface area contributed by atoms with Crippen LogP contribution in [0.1, 0.15) is 18.9 Å². The Morgan fingerprint density at radius 1 is 1.50 bits per heavy atom. The van der Waals surface area contributed by atoms with Crippen molar-refractivity contribution in [1.29, 1.82) is 0 Å². The van der Waals surface area contributed by atoms with Gasteiger partial charge in [0.25, 0.3) is 5.69 Å². The first-order chi connectivity index (χ1) is 8.49. The molecule has 1 aliphatic heterocycles. The molecule has 18 heavy (non-hydrogen) atoms. The molecule has 1 heterocycles. The van der Waals surface area contributed by atoms with Crippen molar-refractivity contribution in [3.05, 3.63) is 33.9 Å². The second-order valence-electron chi connectivity index (χ2n) is 5.03. The summed E-state index contributed by atoms with van der Waals surface area (Å²) in [5, 5.41) is 20.9. The zero-order chi connectivity index (χ0) is 13.3. The van der Waals surface area contributed by atoms with Crippen molar-refractivity contribution >= 4 is 11.4 Å². The van der Waals surface area contributed by atoms with Crippen LogP contribution in [-0.4, -0.2) is 29.2 Å². The predicted octanol–water partition coefficient (Wildman–Crippen LogP) is 2.11. The van der Waals surface area contributed by atoms with Crippen molar-refractivity contribution in [3.63, 3.8) is 0 Å². The van der Waals surface area contributed by atoms with Gasteiger partial charge in [-0.25, -0.2) is 0 Å². The third-order valence-electron chi connectivity index (χ3n) is 3.59. The molecule has 0 aromatic heterocycles. The van der Waals surface area contributed by atoms with Gasteiger partial charge in [-0.3, -0.25) is 10.1 Å². The average molecular weight is 250 g/mol. The molecule has 2 unspecified atom stereocenters. The van der Waals surface area contributed by atoms with Gasteiger partial charge in [-0.1, -0.05) is 13.0 Å². The highest BCUT2D eigenvalue weighted by Gasteiger charge is 2.28. The van der Waals surface area contributed by atoms with Crippen LogP contribution < -0.4 is 4.90 Å². The number of nitro benzene ring substituents is 1. The zero-order valence-electron chi connectivity index (χ0n) is 10.7. The average Bonchev–Trinajstić information content (AvgIpc) is 2.32. The van der Waals surface area contributed by atoms with Crippen LogP contribution >= 0.6 is 0 Å². The lowest BCUT2D eigenvalue weighted by molar-refractivity contribution is -0.384. The minimum absolute atomic E-state index is 0.113. The summed E-state index contributed by atoms with van der Waals surface area (Å²) >= 11 is 0. The number of nitrogens with zero attached hydrogens (tertiary/aromatic N) is 2. The third kappa shape index (κ3) is 2.46. The molecule has 0 aliphatic carbocycles. The normalized spacial score (nSPS) is 24.1. The molecule has 0 bridgehead atoms. The number of benzene rings is 1. The molecule has 1 fully saturated rings. The molecule has 1 N–H and O–H groups in total. The van der Waals surface area contributed by atoms with Crippen molar-refractivity contribution in [2.75, 3.05) is 18.0 Å². The van der Waals surface area contributed by atoms with Crippen LogP contribution in [0.5, 0.6) is 0 Å². The molecule has 1 aromatic rings. The molecule has 1 aromatic carbocycles. The second-order valence-corrected chi connectivity index (χ2v) is 5.03. The lowest BCUT2D eigenvalue weighted by Gasteiger charge is -2.35. The highest BCUT2D eigenvalue weighted by Crippen LogP contribution is 2.32.